The summed E-state index contributed by atoms with van der Waals surface area (Å²) >= 11 is 0. The van der Waals surface area contributed by atoms with Crippen molar-refractivity contribution in [2.45, 2.75) is 67.2 Å². The first-order chi connectivity index (χ1) is 11.2. The molecule has 0 bridgehead atoms. The van der Waals surface area contributed by atoms with Crippen molar-refractivity contribution in [3.63, 3.8) is 0 Å². The number of hydrogen-bond donors (Lipinski definition) is 0. The summed E-state index contributed by atoms with van der Waals surface area (Å²) in [6.45, 7) is 12.5. The Balaban J connectivity index is 2.64. The maximum absolute atomic E-state index is 10.7. The van der Waals surface area contributed by atoms with E-state index >= 15 is 0 Å². The van der Waals surface area contributed by atoms with Crippen LogP contribution in [0.3, 0.4) is 0 Å². The molecule has 0 atom stereocenters. The first-order valence-corrected chi connectivity index (χ1v) is 8.78. The van der Waals surface area contributed by atoms with Crippen molar-refractivity contribution in [2.75, 3.05) is 0 Å². The molecule has 1 aliphatic carbocycles. The monoisotopic (exact) mass is 328 g/mol. The topological polar surface area (TPSA) is 26.3 Å². The third-order valence-electron chi connectivity index (χ3n) is 4.50. The van der Waals surface area contributed by atoms with Crippen LogP contribution in [0.25, 0.3) is 0 Å². The van der Waals surface area contributed by atoms with E-state index in [4.69, 9.17) is 4.74 Å². The Hall–Kier alpha value is -1.83. The summed E-state index contributed by atoms with van der Waals surface area (Å²) in [5, 5.41) is 0. The molecule has 0 aliphatic heterocycles. The largest absolute Gasteiger partial charge is 0.435 e. The van der Waals surface area contributed by atoms with Gasteiger partial charge in [0.15, 0.2) is 0 Å². The van der Waals surface area contributed by atoms with Gasteiger partial charge < -0.3 is 4.74 Å². The van der Waals surface area contributed by atoms with E-state index in [-0.39, 0.29) is 11.4 Å². The van der Waals surface area contributed by atoms with Gasteiger partial charge in [0.2, 0.25) is 0 Å². The van der Waals surface area contributed by atoms with Gasteiger partial charge in [0.1, 0.15) is 0 Å². The van der Waals surface area contributed by atoms with Gasteiger partial charge >= 0.3 is 5.97 Å². The second-order valence-corrected chi connectivity index (χ2v) is 7.31. The zero-order chi connectivity index (χ0) is 18.2. The first kappa shape index (κ1) is 20.2. The average Bonchev–Trinajstić information content (AvgIpc) is 2.45. The molecule has 0 spiro atoms. The first-order valence-electron chi connectivity index (χ1n) is 8.78. The highest BCUT2D eigenvalue weighted by Gasteiger charge is 2.26. The Labute approximate surface area is 147 Å². The van der Waals surface area contributed by atoms with Crippen molar-refractivity contribution >= 4 is 5.97 Å². The number of allylic oxidation sites excluding steroid dienone is 9. The number of ether oxygens (including phenoxy) is 1. The Bertz CT molecular complexity index is 595. The lowest BCUT2D eigenvalue weighted by molar-refractivity contribution is -0.135. The van der Waals surface area contributed by atoms with Crippen LogP contribution >= 0.6 is 0 Å². The summed E-state index contributed by atoms with van der Waals surface area (Å²) in [6.07, 6.45) is 16.8. The van der Waals surface area contributed by atoms with Crippen LogP contribution in [0.15, 0.2) is 58.9 Å². The van der Waals surface area contributed by atoms with Gasteiger partial charge in [-0.2, -0.15) is 0 Å². The fourth-order valence-corrected chi connectivity index (χ4v) is 3.03. The van der Waals surface area contributed by atoms with Crippen molar-refractivity contribution in [1.29, 1.82) is 0 Å². The van der Waals surface area contributed by atoms with E-state index in [1.165, 1.54) is 49.2 Å². The highest BCUT2D eigenvalue weighted by atomic mass is 16.5. The van der Waals surface area contributed by atoms with Gasteiger partial charge in [0.25, 0.3) is 0 Å². The number of carbonyl (C=O) groups excluding carboxylic acids is 1. The van der Waals surface area contributed by atoms with E-state index in [0.29, 0.717) is 0 Å². The molecule has 0 aromatic rings. The van der Waals surface area contributed by atoms with E-state index in [1.807, 2.05) is 6.92 Å². The molecule has 0 fully saturated rings. The van der Waals surface area contributed by atoms with Crippen molar-refractivity contribution < 1.29 is 9.53 Å². The Morgan fingerprint density at radius 2 is 1.75 bits per heavy atom. The molecule has 1 aliphatic rings. The highest BCUT2D eigenvalue weighted by Crippen LogP contribution is 2.40. The second-order valence-electron chi connectivity index (χ2n) is 7.31. The summed E-state index contributed by atoms with van der Waals surface area (Å²) in [4.78, 5) is 10.7. The van der Waals surface area contributed by atoms with Gasteiger partial charge in [-0.15, -0.1) is 0 Å². The molecule has 0 heterocycles. The minimum absolute atomic E-state index is 0.289. The van der Waals surface area contributed by atoms with Crippen LogP contribution in [-0.4, -0.2) is 5.97 Å². The van der Waals surface area contributed by atoms with Crippen molar-refractivity contribution in [3.05, 3.63) is 58.9 Å². The molecule has 0 aromatic carbocycles. The number of esters is 1. The van der Waals surface area contributed by atoms with Crippen molar-refractivity contribution in [3.8, 4) is 0 Å². The molecule has 24 heavy (non-hydrogen) atoms. The van der Waals surface area contributed by atoms with Crippen LogP contribution in [-0.2, 0) is 9.53 Å². The Kier molecular flexibility index (Phi) is 7.97. The molecule has 0 unspecified atom stereocenters. The summed E-state index contributed by atoms with van der Waals surface area (Å²) in [7, 11) is 0. The zero-order valence-electron chi connectivity index (χ0n) is 16.1. The van der Waals surface area contributed by atoms with Gasteiger partial charge in [-0.3, -0.25) is 4.79 Å². The third kappa shape index (κ3) is 7.16. The molecular weight excluding hydrogens is 296 g/mol. The second kappa shape index (κ2) is 9.46. The fraction of sp³-hybridized carbons (Fsp3) is 0.500. The zero-order valence-corrected chi connectivity index (χ0v) is 16.1. The third-order valence-corrected chi connectivity index (χ3v) is 4.50. The number of rotatable bonds is 6. The molecule has 2 heteroatoms. The van der Waals surface area contributed by atoms with Gasteiger partial charge in [-0.05, 0) is 63.5 Å². The number of carbonyl (C=O) groups is 1. The van der Waals surface area contributed by atoms with Gasteiger partial charge in [0, 0.05) is 6.92 Å². The van der Waals surface area contributed by atoms with E-state index in [9.17, 15) is 4.79 Å². The Morgan fingerprint density at radius 3 is 2.33 bits per heavy atom. The normalized spacial score (nSPS) is 19.4. The molecule has 0 aromatic heterocycles. The quantitative estimate of drug-likeness (QED) is 0.319. The van der Waals surface area contributed by atoms with E-state index in [2.05, 4.69) is 52.0 Å². The molecule has 0 amide bonds. The lowest BCUT2D eigenvalue weighted by atomic mass is 9.72. The molecule has 0 radical (unpaired) electrons. The van der Waals surface area contributed by atoms with Gasteiger partial charge in [-0.1, -0.05) is 54.9 Å². The predicted octanol–water partition coefficient (Wildman–Crippen LogP) is 6.43. The molecule has 0 saturated heterocycles. The van der Waals surface area contributed by atoms with E-state index in [0.717, 1.165) is 12.0 Å². The minimum Gasteiger partial charge on any atom is -0.435 e. The van der Waals surface area contributed by atoms with Crippen LogP contribution in [0.2, 0.25) is 0 Å². The SMILES string of the molecule is CC(=O)O/C=C/C(C)=C/C/C=C(C)/C=C/C1=C(C)CCCC1(C)C. The molecule has 2 nitrogen and oxygen atoms in total. The molecule has 132 valence electrons. The van der Waals surface area contributed by atoms with Crippen LogP contribution in [0, 0.1) is 5.41 Å². The molecular formula is C22H32O2. The molecule has 1 rings (SSSR count). The van der Waals surface area contributed by atoms with Crippen molar-refractivity contribution in [2.24, 2.45) is 5.41 Å². The smallest absolute Gasteiger partial charge is 0.307 e. The van der Waals surface area contributed by atoms with Crippen LogP contribution in [0.4, 0.5) is 0 Å². The maximum Gasteiger partial charge on any atom is 0.307 e. The van der Waals surface area contributed by atoms with Gasteiger partial charge in [0.05, 0.1) is 6.26 Å². The molecule has 0 N–H and O–H groups in total. The standard InChI is InChI=1S/C22H32O2/c1-17(9-7-10-18(2)14-16-24-20(4)23)12-13-21-19(3)11-8-15-22(21,5)6/h9-10,12-14,16H,7-8,11,15H2,1-6H3/b13-12+,16-14+,17-9+,18-10+. The maximum atomic E-state index is 10.7. The predicted molar refractivity (Wildman–Crippen MR) is 103 cm³/mol. The summed E-state index contributed by atoms with van der Waals surface area (Å²) < 4.78 is 4.78. The average molecular weight is 328 g/mol. The lowest BCUT2D eigenvalue weighted by Crippen LogP contribution is -2.19. The van der Waals surface area contributed by atoms with E-state index < -0.39 is 0 Å². The van der Waals surface area contributed by atoms with Gasteiger partial charge in [-0.25, -0.2) is 0 Å². The Morgan fingerprint density at radius 1 is 1.12 bits per heavy atom. The highest BCUT2D eigenvalue weighted by molar-refractivity contribution is 5.66. The van der Waals surface area contributed by atoms with E-state index in [1.54, 1.807) is 6.08 Å². The minimum atomic E-state index is -0.296. The fourth-order valence-electron chi connectivity index (χ4n) is 3.03. The summed E-state index contributed by atoms with van der Waals surface area (Å²) in [5.74, 6) is -0.296. The lowest BCUT2D eigenvalue weighted by Gasteiger charge is -2.32. The van der Waals surface area contributed by atoms with Crippen LogP contribution < -0.4 is 0 Å². The number of hydrogen-bond acceptors (Lipinski definition) is 2. The summed E-state index contributed by atoms with van der Waals surface area (Å²) in [6, 6.07) is 0. The van der Waals surface area contributed by atoms with Crippen molar-refractivity contribution in [1.82, 2.24) is 0 Å². The summed E-state index contributed by atoms with van der Waals surface area (Å²) in [5.41, 5.74) is 5.66. The van der Waals surface area contributed by atoms with Crippen LogP contribution in [0.5, 0.6) is 0 Å². The van der Waals surface area contributed by atoms with Crippen LogP contribution in [0.1, 0.15) is 67.2 Å². The molecule has 0 saturated carbocycles.